The minimum atomic E-state index is -1.13. The Labute approximate surface area is 203 Å². The Kier molecular flexibility index (Phi) is 7.99. The van der Waals surface area contributed by atoms with Gasteiger partial charge in [-0.25, -0.2) is 9.59 Å². The van der Waals surface area contributed by atoms with Crippen LogP contribution in [-0.2, 0) is 23.8 Å². The second-order valence-electron chi connectivity index (χ2n) is 8.69. The number of alkyl carbamates (subject to hydrolysis) is 1. The van der Waals surface area contributed by atoms with Crippen LogP contribution >= 0.6 is 0 Å². The smallest absolute Gasteiger partial charge is 0.407 e. The maximum atomic E-state index is 12.7. The number of benzene rings is 2. The van der Waals surface area contributed by atoms with Crippen LogP contribution in [0, 0.1) is 0 Å². The lowest BCUT2D eigenvalue weighted by Gasteiger charge is -2.22. The first-order valence-electron chi connectivity index (χ1n) is 11.7. The van der Waals surface area contributed by atoms with Crippen molar-refractivity contribution in [3.63, 3.8) is 0 Å². The van der Waals surface area contributed by atoms with Gasteiger partial charge in [0.25, 0.3) is 5.91 Å². The fourth-order valence-electron chi connectivity index (χ4n) is 4.73. The summed E-state index contributed by atoms with van der Waals surface area (Å²) in [5.41, 5.74) is 4.49. The first kappa shape index (κ1) is 24.7. The van der Waals surface area contributed by atoms with Crippen LogP contribution in [0.25, 0.3) is 11.1 Å². The summed E-state index contributed by atoms with van der Waals surface area (Å²) in [5, 5.41) is 14.6. The van der Waals surface area contributed by atoms with Crippen LogP contribution in [0.1, 0.15) is 36.3 Å². The predicted octanol–water partition coefficient (Wildman–Crippen LogP) is 2.68. The Bertz CT molecular complexity index is 1030. The molecule has 186 valence electrons. The van der Waals surface area contributed by atoms with E-state index in [1.165, 1.54) is 7.11 Å². The highest BCUT2D eigenvalue weighted by atomic mass is 16.6. The number of fused-ring (bicyclic) bond motifs is 3. The van der Waals surface area contributed by atoms with Crippen LogP contribution in [0.15, 0.2) is 48.5 Å². The average molecular weight is 483 g/mol. The van der Waals surface area contributed by atoms with Gasteiger partial charge in [-0.15, -0.1) is 0 Å². The number of hydrogen-bond acceptors (Lipinski definition) is 6. The third-order valence-electron chi connectivity index (χ3n) is 6.45. The number of carboxylic acids is 1. The number of hydrogen-bond donors (Lipinski definition) is 3. The van der Waals surface area contributed by atoms with Crippen molar-refractivity contribution < 1.29 is 33.7 Å². The van der Waals surface area contributed by atoms with Gasteiger partial charge in [-0.3, -0.25) is 4.79 Å². The fraction of sp³-hybridized carbons (Fsp3) is 0.423. The Morgan fingerprint density at radius 1 is 1.09 bits per heavy atom. The summed E-state index contributed by atoms with van der Waals surface area (Å²) in [4.78, 5) is 36.8. The highest BCUT2D eigenvalue weighted by molar-refractivity contribution is 5.87. The van der Waals surface area contributed by atoms with Crippen LogP contribution in [0.3, 0.4) is 0 Å². The van der Waals surface area contributed by atoms with Crippen molar-refractivity contribution in [1.29, 1.82) is 0 Å². The molecule has 3 atom stereocenters. The third kappa shape index (κ3) is 5.63. The first-order valence-corrected chi connectivity index (χ1v) is 11.7. The maximum absolute atomic E-state index is 12.7. The molecule has 1 unspecified atom stereocenters. The number of ether oxygens (including phenoxy) is 3. The van der Waals surface area contributed by atoms with Gasteiger partial charge in [0.2, 0.25) is 0 Å². The van der Waals surface area contributed by atoms with Crippen LogP contribution in [0.2, 0.25) is 0 Å². The number of carbonyl (C=O) groups excluding carboxylic acids is 2. The summed E-state index contributed by atoms with van der Waals surface area (Å²) in [5.74, 6) is -1.78. The third-order valence-corrected chi connectivity index (χ3v) is 6.45. The molecule has 3 N–H and O–H groups in total. The van der Waals surface area contributed by atoms with E-state index in [-0.39, 0.29) is 25.6 Å². The van der Waals surface area contributed by atoms with Crippen LogP contribution in [-0.4, -0.2) is 68.2 Å². The minimum absolute atomic E-state index is 0.0736. The van der Waals surface area contributed by atoms with Crippen molar-refractivity contribution in [1.82, 2.24) is 10.6 Å². The maximum Gasteiger partial charge on any atom is 0.407 e. The molecule has 1 aliphatic carbocycles. The van der Waals surface area contributed by atoms with Crippen LogP contribution < -0.4 is 10.6 Å². The summed E-state index contributed by atoms with van der Waals surface area (Å²) >= 11 is 0. The van der Waals surface area contributed by atoms with E-state index in [1.807, 2.05) is 36.4 Å². The van der Waals surface area contributed by atoms with E-state index in [0.29, 0.717) is 19.4 Å². The molecule has 0 aromatic heterocycles. The van der Waals surface area contributed by atoms with Gasteiger partial charge in [0, 0.05) is 26.2 Å². The molecular weight excluding hydrogens is 452 g/mol. The number of aliphatic carboxylic acids is 1. The van der Waals surface area contributed by atoms with Crippen molar-refractivity contribution >= 4 is 18.0 Å². The molecule has 1 aliphatic heterocycles. The largest absolute Gasteiger partial charge is 0.480 e. The average Bonchev–Trinajstić information content (AvgIpc) is 3.44. The number of amides is 2. The van der Waals surface area contributed by atoms with E-state index in [9.17, 15) is 19.5 Å². The van der Waals surface area contributed by atoms with Gasteiger partial charge in [0.05, 0.1) is 6.04 Å². The fourth-order valence-corrected chi connectivity index (χ4v) is 4.73. The van der Waals surface area contributed by atoms with Gasteiger partial charge in [-0.1, -0.05) is 48.5 Å². The Balaban J connectivity index is 1.33. The molecule has 0 spiro atoms. The Hall–Kier alpha value is -3.43. The topological polar surface area (TPSA) is 123 Å². The molecule has 9 heteroatoms. The number of carbonyl (C=O) groups is 3. The van der Waals surface area contributed by atoms with Crippen molar-refractivity contribution in [3.8, 4) is 11.1 Å². The van der Waals surface area contributed by atoms with Crippen LogP contribution in [0.5, 0.6) is 0 Å². The van der Waals surface area contributed by atoms with E-state index in [1.54, 1.807) is 0 Å². The second-order valence-corrected chi connectivity index (χ2v) is 8.69. The zero-order chi connectivity index (χ0) is 24.8. The lowest BCUT2D eigenvalue weighted by Crippen LogP contribution is -2.52. The van der Waals surface area contributed by atoms with Crippen LogP contribution in [0.4, 0.5) is 4.79 Å². The second kappa shape index (κ2) is 11.3. The van der Waals surface area contributed by atoms with E-state index >= 15 is 0 Å². The molecule has 1 saturated heterocycles. The molecule has 0 saturated carbocycles. The van der Waals surface area contributed by atoms with Gasteiger partial charge in [-0.2, -0.15) is 0 Å². The molecule has 2 amide bonds. The van der Waals surface area contributed by atoms with E-state index in [4.69, 9.17) is 14.2 Å². The number of nitrogens with one attached hydrogen (secondary N) is 2. The zero-order valence-electron chi connectivity index (χ0n) is 19.6. The SMILES string of the molecule is COCCCC(NC(=O)[C@@H]1OCC[C@@H]1NC(=O)OCC1c2ccccc2-c2ccccc21)C(=O)O. The van der Waals surface area contributed by atoms with Gasteiger partial charge in [-0.05, 0) is 41.5 Å². The molecule has 2 aromatic carbocycles. The highest BCUT2D eigenvalue weighted by Gasteiger charge is 2.37. The van der Waals surface area contributed by atoms with Crippen molar-refractivity contribution in [2.75, 3.05) is 26.9 Å². The molecule has 1 fully saturated rings. The normalized spacial score (nSPS) is 19.5. The van der Waals surface area contributed by atoms with E-state index < -0.39 is 36.2 Å². The lowest BCUT2D eigenvalue weighted by atomic mass is 9.98. The van der Waals surface area contributed by atoms with Gasteiger partial charge in [0.15, 0.2) is 6.10 Å². The van der Waals surface area contributed by atoms with E-state index in [0.717, 1.165) is 22.3 Å². The molecular formula is C26H30N2O7. The molecule has 2 aromatic rings. The number of methoxy groups -OCH3 is 1. The van der Waals surface area contributed by atoms with E-state index in [2.05, 4.69) is 22.8 Å². The zero-order valence-corrected chi connectivity index (χ0v) is 19.6. The summed E-state index contributed by atoms with van der Waals surface area (Å²) < 4.78 is 16.0. The summed E-state index contributed by atoms with van der Waals surface area (Å²) in [6.45, 7) is 0.824. The predicted molar refractivity (Wildman–Crippen MR) is 127 cm³/mol. The minimum Gasteiger partial charge on any atom is -0.480 e. The summed E-state index contributed by atoms with van der Waals surface area (Å²) in [6, 6.07) is 14.5. The molecule has 2 aliphatic rings. The lowest BCUT2D eigenvalue weighted by molar-refractivity contribution is -0.144. The first-order chi connectivity index (χ1) is 17.0. The van der Waals surface area contributed by atoms with Gasteiger partial charge >= 0.3 is 12.1 Å². The Morgan fingerprint density at radius 2 is 1.74 bits per heavy atom. The molecule has 9 nitrogen and oxygen atoms in total. The molecule has 35 heavy (non-hydrogen) atoms. The molecule has 0 bridgehead atoms. The standard InChI is InChI=1S/C26H30N2O7/c1-33-13-6-11-22(25(30)31)27-24(29)23-21(12-14-34-23)28-26(32)35-15-20-18-9-4-2-7-16(18)17-8-3-5-10-19(17)20/h2-5,7-10,20-23H,6,11-15H2,1H3,(H,27,29)(H,28,32)(H,30,31)/t21-,22?,23+/m0/s1. The Morgan fingerprint density at radius 3 is 2.37 bits per heavy atom. The monoisotopic (exact) mass is 482 g/mol. The van der Waals surface area contributed by atoms with Crippen molar-refractivity contribution in [2.45, 2.75) is 43.4 Å². The highest BCUT2D eigenvalue weighted by Crippen LogP contribution is 2.44. The molecule has 1 heterocycles. The van der Waals surface area contributed by atoms with Crippen molar-refractivity contribution in [2.24, 2.45) is 0 Å². The quantitative estimate of drug-likeness (QED) is 0.445. The molecule has 0 radical (unpaired) electrons. The summed E-state index contributed by atoms with van der Waals surface area (Å²) in [6.07, 6.45) is -0.494. The molecule has 4 rings (SSSR count). The number of rotatable bonds is 10. The van der Waals surface area contributed by atoms with Gasteiger partial charge < -0.3 is 30.0 Å². The van der Waals surface area contributed by atoms with Crippen molar-refractivity contribution in [3.05, 3.63) is 59.7 Å². The number of carboxylic acid groups (broad SMARTS) is 1. The van der Waals surface area contributed by atoms with Gasteiger partial charge in [0.1, 0.15) is 12.6 Å². The summed E-state index contributed by atoms with van der Waals surface area (Å²) in [7, 11) is 1.53.